The van der Waals surface area contributed by atoms with Crippen LogP contribution in [0, 0.1) is 5.82 Å². The van der Waals surface area contributed by atoms with Gasteiger partial charge in [-0.2, -0.15) is 5.10 Å². The third-order valence-corrected chi connectivity index (χ3v) is 5.53. The van der Waals surface area contributed by atoms with E-state index >= 15 is 0 Å². The predicted octanol–water partition coefficient (Wildman–Crippen LogP) is 3.92. The smallest absolute Gasteiger partial charge is 0.231 e. The fourth-order valence-corrected chi connectivity index (χ4v) is 4.13. The molecule has 1 aliphatic carbocycles. The molecule has 0 bridgehead atoms. The van der Waals surface area contributed by atoms with Gasteiger partial charge in [0.2, 0.25) is 12.5 Å². The molecule has 3 aromatic rings. The van der Waals surface area contributed by atoms with Gasteiger partial charge in [-0.25, -0.2) is 9.07 Å². The van der Waals surface area contributed by atoms with Gasteiger partial charge in [0.1, 0.15) is 11.5 Å². The lowest BCUT2D eigenvalue weighted by molar-refractivity contribution is 0.171. The first-order valence-corrected chi connectivity index (χ1v) is 9.76. The van der Waals surface area contributed by atoms with Crippen LogP contribution >= 0.6 is 0 Å². The zero-order chi connectivity index (χ0) is 19.8. The van der Waals surface area contributed by atoms with E-state index in [1.807, 2.05) is 24.4 Å². The van der Waals surface area contributed by atoms with E-state index in [0.29, 0.717) is 29.5 Å². The molecular weight excluding hydrogens is 373 g/mol. The molecular formula is C22H22FN3O3. The third kappa shape index (κ3) is 3.21. The Morgan fingerprint density at radius 2 is 2.17 bits per heavy atom. The molecule has 0 saturated heterocycles. The first-order chi connectivity index (χ1) is 14.2. The van der Waals surface area contributed by atoms with Crippen molar-refractivity contribution >= 4 is 0 Å². The number of rotatable bonds is 5. The first-order valence-electron chi connectivity index (χ1n) is 9.76. The summed E-state index contributed by atoms with van der Waals surface area (Å²) in [7, 11) is 1.62. The van der Waals surface area contributed by atoms with E-state index in [2.05, 4.69) is 10.4 Å². The molecule has 1 atom stereocenters. The van der Waals surface area contributed by atoms with Crippen LogP contribution in [0.5, 0.6) is 17.2 Å². The number of methoxy groups -OCH3 is 1. The maximum atomic E-state index is 14.3. The molecule has 0 spiro atoms. The van der Waals surface area contributed by atoms with Crippen LogP contribution in [0.2, 0.25) is 0 Å². The number of para-hydroxylation sites is 1. The van der Waals surface area contributed by atoms with Crippen molar-refractivity contribution < 1.29 is 18.6 Å². The zero-order valence-corrected chi connectivity index (χ0v) is 16.2. The SMILES string of the molecule is COc1cc(CNC2CCCc3c2cnn3-c2ccccc2F)cc2c1OCO2. The lowest BCUT2D eigenvalue weighted by atomic mass is 9.92. The maximum Gasteiger partial charge on any atom is 0.231 e. The van der Waals surface area contributed by atoms with Crippen molar-refractivity contribution in [2.75, 3.05) is 13.9 Å². The number of benzene rings is 2. The van der Waals surface area contributed by atoms with Crippen LogP contribution < -0.4 is 19.5 Å². The summed E-state index contributed by atoms with van der Waals surface area (Å²) in [6, 6.07) is 10.9. The summed E-state index contributed by atoms with van der Waals surface area (Å²) < 4.78 is 32.4. The minimum absolute atomic E-state index is 0.163. The molecule has 1 N–H and O–H groups in total. The lowest BCUT2D eigenvalue weighted by Crippen LogP contribution is -2.25. The summed E-state index contributed by atoms with van der Waals surface area (Å²) in [5.74, 6) is 1.77. The number of aromatic nitrogens is 2. The molecule has 1 aliphatic heterocycles. The van der Waals surface area contributed by atoms with Crippen LogP contribution in [-0.2, 0) is 13.0 Å². The van der Waals surface area contributed by atoms with Crippen molar-refractivity contribution in [3.63, 3.8) is 0 Å². The fraction of sp³-hybridized carbons (Fsp3) is 0.318. The summed E-state index contributed by atoms with van der Waals surface area (Å²) >= 11 is 0. The van der Waals surface area contributed by atoms with Crippen LogP contribution in [0.4, 0.5) is 4.39 Å². The van der Waals surface area contributed by atoms with Crippen molar-refractivity contribution in [1.29, 1.82) is 0 Å². The molecule has 7 heteroatoms. The highest BCUT2D eigenvalue weighted by Gasteiger charge is 2.26. The number of nitrogens with zero attached hydrogens (tertiary/aromatic N) is 2. The molecule has 2 heterocycles. The number of hydrogen-bond acceptors (Lipinski definition) is 5. The molecule has 1 unspecified atom stereocenters. The van der Waals surface area contributed by atoms with Crippen molar-refractivity contribution in [3.8, 4) is 22.9 Å². The highest BCUT2D eigenvalue weighted by molar-refractivity contribution is 5.55. The van der Waals surface area contributed by atoms with Crippen molar-refractivity contribution in [2.24, 2.45) is 0 Å². The van der Waals surface area contributed by atoms with E-state index in [9.17, 15) is 4.39 Å². The van der Waals surface area contributed by atoms with Gasteiger partial charge in [0.15, 0.2) is 11.5 Å². The molecule has 0 fully saturated rings. The van der Waals surface area contributed by atoms with Gasteiger partial charge in [0.05, 0.1) is 13.3 Å². The van der Waals surface area contributed by atoms with Crippen LogP contribution in [0.1, 0.15) is 35.7 Å². The van der Waals surface area contributed by atoms with E-state index in [4.69, 9.17) is 14.2 Å². The van der Waals surface area contributed by atoms with E-state index < -0.39 is 0 Å². The number of hydrogen-bond donors (Lipinski definition) is 1. The fourth-order valence-electron chi connectivity index (χ4n) is 4.13. The third-order valence-electron chi connectivity index (χ3n) is 5.53. The van der Waals surface area contributed by atoms with Gasteiger partial charge in [-0.1, -0.05) is 12.1 Å². The van der Waals surface area contributed by atoms with E-state index in [1.54, 1.807) is 23.9 Å². The molecule has 5 rings (SSSR count). The van der Waals surface area contributed by atoms with Crippen molar-refractivity contribution in [1.82, 2.24) is 15.1 Å². The number of nitrogens with one attached hydrogen (secondary N) is 1. The normalized spacial score (nSPS) is 17.2. The molecule has 150 valence electrons. The summed E-state index contributed by atoms with van der Waals surface area (Å²) in [5.41, 5.74) is 3.75. The minimum atomic E-state index is -0.263. The van der Waals surface area contributed by atoms with Crippen LogP contribution in [-0.4, -0.2) is 23.7 Å². The van der Waals surface area contributed by atoms with Gasteiger partial charge < -0.3 is 19.5 Å². The molecule has 0 radical (unpaired) electrons. The molecule has 0 amide bonds. The quantitative estimate of drug-likeness (QED) is 0.710. The van der Waals surface area contributed by atoms with Crippen molar-refractivity contribution in [3.05, 3.63) is 65.2 Å². The summed E-state index contributed by atoms with van der Waals surface area (Å²) in [4.78, 5) is 0. The lowest BCUT2D eigenvalue weighted by Gasteiger charge is -2.24. The maximum absolute atomic E-state index is 14.3. The second-order valence-corrected chi connectivity index (χ2v) is 7.27. The van der Waals surface area contributed by atoms with Gasteiger partial charge >= 0.3 is 0 Å². The second kappa shape index (κ2) is 7.40. The standard InChI is InChI=1S/C22H22FN3O3/c1-27-20-9-14(10-21-22(20)29-13-28-21)11-24-17-6-4-8-18-15(17)12-25-26(18)19-7-3-2-5-16(19)23/h2-3,5,7,9-10,12,17,24H,4,6,8,11,13H2,1H3. The Morgan fingerprint density at radius 3 is 3.03 bits per heavy atom. The monoisotopic (exact) mass is 395 g/mol. The number of halogens is 1. The van der Waals surface area contributed by atoms with Gasteiger partial charge in [-0.3, -0.25) is 0 Å². The Hall–Kier alpha value is -3.06. The van der Waals surface area contributed by atoms with E-state index in [1.165, 1.54) is 6.07 Å². The number of fused-ring (bicyclic) bond motifs is 2. The molecule has 6 nitrogen and oxygen atoms in total. The average Bonchev–Trinajstić information content (AvgIpc) is 3.39. The van der Waals surface area contributed by atoms with Gasteiger partial charge in [-0.05, 0) is 49.1 Å². The summed E-state index contributed by atoms with van der Waals surface area (Å²) in [5, 5.41) is 8.11. The number of ether oxygens (including phenoxy) is 3. The summed E-state index contributed by atoms with van der Waals surface area (Å²) in [6.45, 7) is 0.867. The van der Waals surface area contributed by atoms with E-state index in [-0.39, 0.29) is 18.7 Å². The van der Waals surface area contributed by atoms with Gasteiger partial charge in [-0.15, -0.1) is 0 Å². The largest absolute Gasteiger partial charge is 0.493 e. The average molecular weight is 395 g/mol. The van der Waals surface area contributed by atoms with Crippen molar-refractivity contribution in [2.45, 2.75) is 31.8 Å². The minimum Gasteiger partial charge on any atom is -0.493 e. The Kier molecular flexibility index (Phi) is 4.60. The van der Waals surface area contributed by atoms with Gasteiger partial charge in [0.25, 0.3) is 0 Å². The zero-order valence-electron chi connectivity index (χ0n) is 16.2. The second-order valence-electron chi connectivity index (χ2n) is 7.27. The highest BCUT2D eigenvalue weighted by Crippen LogP contribution is 2.42. The predicted molar refractivity (Wildman–Crippen MR) is 105 cm³/mol. The Balaban J connectivity index is 1.38. The van der Waals surface area contributed by atoms with E-state index in [0.717, 1.165) is 36.1 Å². The molecule has 2 aliphatic rings. The highest BCUT2D eigenvalue weighted by atomic mass is 19.1. The topological polar surface area (TPSA) is 57.5 Å². The molecule has 2 aromatic carbocycles. The van der Waals surface area contributed by atoms with Crippen LogP contribution in [0.25, 0.3) is 5.69 Å². The Bertz CT molecular complexity index is 1050. The first kappa shape index (κ1) is 18.0. The Labute approximate surface area is 168 Å². The van der Waals surface area contributed by atoms with Gasteiger partial charge in [0, 0.05) is 23.8 Å². The summed E-state index contributed by atoms with van der Waals surface area (Å²) in [6.07, 6.45) is 4.78. The molecule has 29 heavy (non-hydrogen) atoms. The Morgan fingerprint density at radius 1 is 1.28 bits per heavy atom. The molecule has 1 aromatic heterocycles. The molecule has 0 saturated carbocycles. The van der Waals surface area contributed by atoms with Crippen LogP contribution in [0.3, 0.4) is 0 Å². The van der Waals surface area contributed by atoms with Crippen LogP contribution in [0.15, 0.2) is 42.6 Å².